The van der Waals surface area contributed by atoms with Crippen molar-refractivity contribution < 1.29 is 9.50 Å². The van der Waals surface area contributed by atoms with Crippen molar-refractivity contribution in [2.24, 2.45) is 7.05 Å². The largest absolute Gasteiger partial charge is 0.507 e. The molecule has 7 nitrogen and oxygen atoms in total. The van der Waals surface area contributed by atoms with E-state index in [0.717, 1.165) is 24.6 Å². The molecule has 8 heteroatoms. The molecule has 2 fully saturated rings. The van der Waals surface area contributed by atoms with Gasteiger partial charge < -0.3 is 14.6 Å². The van der Waals surface area contributed by atoms with E-state index in [1.54, 1.807) is 25.4 Å². The van der Waals surface area contributed by atoms with Crippen molar-refractivity contribution in [2.75, 3.05) is 19.0 Å². The number of phenolic OH excluding ortho intramolecular Hbond substituents is 1. The lowest BCUT2D eigenvalue weighted by molar-refractivity contribution is 0.0701. The maximum atomic E-state index is 15.1. The fraction of sp³-hybridized carbons (Fsp3) is 0.435. The summed E-state index contributed by atoms with van der Waals surface area (Å²) in [7, 11) is 5.56. The monoisotopic (exact) mass is 423 g/mol. The minimum Gasteiger partial charge on any atom is -0.507 e. The Balaban J connectivity index is 1.43. The van der Waals surface area contributed by atoms with Crippen LogP contribution in [0.1, 0.15) is 19.3 Å². The number of rotatable bonds is 3. The van der Waals surface area contributed by atoms with Crippen LogP contribution < -0.4 is 10.5 Å². The van der Waals surface area contributed by atoms with Gasteiger partial charge in [-0.25, -0.2) is 4.39 Å². The molecule has 4 heterocycles. The van der Waals surface area contributed by atoms with Crippen LogP contribution in [0.2, 0.25) is 0 Å². The van der Waals surface area contributed by atoms with Crippen LogP contribution in [0.3, 0.4) is 0 Å². The van der Waals surface area contributed by atoms with E-state index in [4.69, 9.17) is 0 Å². The lowest BCUT2D eigenvalue weighted by Gasteiger charge is -2.43. The summed E-state index contributed by atoms with van der Waals surface area (Å²) in [5.41, 5.74) is 0.830. The zero-order valence-electron chi connectivity index (χ0n) is 17.9. The number of pyridine rings is 1. The molecule has 0 aliphatic carbocycles. The fourth-order valence-electron chi connectivity index (χ4n) is 5.16. The molecule has 5 rings (SSSR count). The number of aromatic nitrogens is 3. The molecule has 2 aromatic heterocycles. The van der Waals surface area contributed by atoms with Crippen LogP contribution in [-0.2, 0) is 7.05 Å². The third-order valence-corrected chi connectivity index (χ3v) is 7.13. The van der Waals surface area contributed by atoms with Gasteiger partial charge in [-0.3, -0.25) is 9.69 Å². The minimum absolute atomic E-state index is 0.0260. The summed E-state index contributed by atoms with van der Waals surface area (Å²) in [5, 5.41) is 20.3. The van der Waals surface area contributed by atoms with Gasteiger partial charge in [0.2, 0.25) is 0 Å². The predicted molar refractivity (Wildman–Crippen MR) is 118 cm³/mol. The van der Waals surface area contributed by atoms with Gasteiger partial charge in [-0.05, 0) is 62.0 Å². The highest BCUT2D eigenvalue weighted by Gasteiger charge is 2.47. The Morgan fingerprint density at radius 3 is 2.71 bits per heavy atom. The molecule has 1 aromatic carbocycles. The zero-order chi connectivity index (χ0) is 21.9. The van der Waals surface area contributed by atoms with Gasteiger partial charge in [-0.1, -0.05) is 0 Å². The van der Waals surface area contributed by atoms with Crippen LogP contribution in [0.15, 0.2) is 41.3 Å². The topological polar surface area (TPSA) is 74.5 Å². The third-order valence-electron chi connectivity index (χ3n) is 7.13. The number of halogens is 1. The number of phenols is 1. The zero-order valence-corrected chi connectivity index (χ0v) is 17.9. The summed E-state index contributed by atoms with van der Waals surface area (Å²) in [6, 6.07) is 8.78. The summed E-state index contributed by atoms with van der Waals surface area (Å²) in [6.07, 6.45) is 3.48. The first-order chi connectivity index (χ1) is 14.8. The molecule has 2 aliphatic heterocycles. The van der Waals surface area contributed by atoms with Gasteiger partial charge in [0.05, 0.1) is 17.1 Å². The fourth-order valence-corrected chi connectivity index (χ4v) is 5.16. The van der Waals surface area contributed by atoms with Crippen molar-refractivity contribution in [2.45, 2.75) is 43.6 Å². The Labute approximate surface area is 179 Å². The van der Waals surface area contributed by atoms with E-state index >= 15 is 4.39 Å². The molecule has 162 valence electrons. The number of fused-ring (bicyclic) bond motifs is 3. The standard InChI is InChI=1S/C23H26FN5O2/c1-27-9-8-13-10-16(20(30)12-15(13)23(27)31)17-5-7-21(26-25-17)29(3)19-11-14-4-6-18(22(19)24)28(14)2/h5,7-10,12,14,18-19,22,30H,4,6,11H2,1-3H3/t14?,18?,19-,22+/m1/s1. The summed E-state index contributed by atoms with van der Waals surface area (Å²) in [5.74, 6) is 0.580. The molecular weight excluding hydrogens is 397 g/mol. The number of alkyl halides is 1. The third kappa shape index (κ3) is 3.17. The SMILES string of the molecule is CN1C2CCC1[C@H](F)[C@H](N(C)c1ccc(-c3cc4ccn(C)c(=O)c4cc3O)nn1)C2. The van der Waals surface area contributed by atoms with E-state index < -0.39 is 6.17 Å². The summed E-state index contributed by atoms with van der Waals surface area (Å²) >= 11 is 0. The molecule has 0 amide bonds. The number of piperidine rings is 1. The molecule has 0 saturated carbocycles. The second-order valence-electron chi connectivity index (χ2n) is 8.79. The molecular formula is C23H26FN5O2. The Bertz CT molecular complexity index is 1200. The Morgan fingerprint density at radius 1 is 1.16 bits per heavy atom. The number of benzene rings is 1. The Morgan fingerprint density at radius 2 is 1.97 bits per heavy atom. The van der Waals surface area contributed by atoms with Gasteiger partial charge in [-0.15, -0.1) is 10.2 Å². The van der Waals surface area contributed by atoms with Crippen molar-refractivity contribution in [3.8, 4) is 17.0 Å². The molecule has 2 saturated heterocycles. The number of anilines is 1. The lowest BCUT2D eigenvalue weighted by Crippen LogP contribution is -2.56. The maximum absolute atomic E-state index is 15.1. The Kier molecular flexibility index (Phi) is 4.69. The second-order valence-corrected chi connectivity index (χ2v) is 8.79. The van der Waals surface area contributed by atoms with Crippen LogP contribution in [0.5, 0.6) is 5.75 Å². The van der Waals surface area contributed by atoms with E-state index in [1.807, 2.05) is 31.1 Å². The van der Waals surface area contributed by atoms with Crippen LogP contribution in [0, 0.1) is 0 Å². The first-order valence-electron chi connectivity index (χ1n) is 10.6. The van der Waals surface area contributed by atoms with Gasteiger partial charge in [0.25, 0.3) is 5.56 Å². The van der Waals surface area contributed by atoms with Crippen molar-refractivity contribution >= 4 is 16.6 Å². The molecule has 4 atom stereocenters. The summed E-state index contributed by atoms with van der Waals surface area (Å²) in [6.45, 7) is 0. The van der Waals surface area contributed by atoms with E-state index in [2.05, 4.69) is 15.1 Å². The average molecular weight is 423 g/mol. The smallest absolute Gasteiger partial charge is 0.258 e. The second kappa shape index (κ2) is 7.30. The molecule has 0 spiro atoms. The van der Waals surface area contributed by atoms with Gasteiger partial charge in [0.15, 0.2) is 5.82 Å². The van der Waals surface area contributed by atoms with Gasteiger partial charge in [-0.2, -0.15) is 0 Å². The quantitative estimate of drug-likeness (QED) is 0.698. The number of aryl methyl sites for hydroxylation is 1. The van der Waals surface area contributed by atoms with Crippen molar-refractivity contribution in [3.05, 3.63) is 46.9 Å². The molecule has 31 heavy (non-hydrogen) atoms. The molecule has 2 bridgehead atoms. The van der Waals surface area contributed by atoms with Crippen LogP contribution in [-0.4, -0.2) is 63.2 Å². The van der Waals surface area contributed by atoms with E-state index in [-0.39, 0.29) is 23.4 Å². The highest BCUT2D eigenvalue weighted by molar-refractivity contribution is 5.89. The van der Waals surface area contributed by atoms with E-state index in [0.29, 0.717) is 28.5 Å². The van der Waals surface area contributed by atoms with Crippen LogP contribution in [0.4, 0.5) is 10.2 Å². The maximum Gasteiger partial charge on any atom is 0.258 e. The Hall–Kier alpha value is -3.00. The van der Waals surface area contributed by atoms with E-state index in [1.165, 1.54) is 10.6 Å². The van der Waals surface area contributed by atoms with Crippen molar-refractivity contribution in [3.63, 3.8) is 0 Å². The minimum atomic E-state index is -0.928. The summed E-state index contributed by atoms with van der Waals surface area (Å²) in [4.78, 5) is 16.4. The first-order valence-corrected chi connectivity index (χ1v) is 10.6. The first kappa shape index (κ1) is 19.9. The molecule has 1 N–H and O–H groups in total. The number of hydrogen-bond donors (Lipinski definition) is 1. The van der Waals surface area contributed by atoms with Crippen molar-refractivity contribution in [1.29, 1.82) is 0 Å². The highest BCUT2D eigenvalue weighted by atomic mass is 19.1. The molecule has 2 aliphatic rings. The number of nitrogens with zero attached hydrogens (tertiary/aromatic N) is 5. The number of hydrogen-bond acceptors (Lipinski definition) is 6. The van der Waals surface area contributed by atoms with Gasteiger partial charge in [0.1, 0.15) is 11.9 Å². The molecule has 0 radical (unpaired) electrons. The lowest BCUT2D eigenvalue weighted by atomic mass is 9.95. The normalized spacial score (nSPS) is 25.8. The van der Waals surface area contributed by atoms with E-state index in [9.17, 15) is 9.90 Å². The highest BCUT2D eigenvalue weighted by Crippen LogP contribution is 2.39. The van der Waals surface area contributed by atoms with Crippen LogP contribution in [0.25, 0.3) is 22.0 Å². The summed E-state index contributed by atoms with van der Waals surface area (Å²) < 4.78 is 16.6. The molecule has 3 aromatic rings. The average Bonchev–Trinajstić information content (AvgIpc) is 3.03. The number of aromatic hydroxyl groups is 1. The van der Waals surface area contributed by atoms with Crippen molar-refractivity contribution in [1.82, 2.24) is 19.7 Å². The van der Waals surface area contributed by atoms with Crippen LogP contribution >= 0.6 is 0 Å². The van der Waals surface area contributed by atoms with Gasteiger partial charge in [0, 0.05) is 37.9 Å². The molecule has 2 unspecified atom stereocenters. The van der Waals surface area contributed by atoms with Gasteiger partial charge >= 0.3 is 0 Å². The predicted octanol–water partition coefficient (Wildman–Crippen LogP) is 2.71.